The molecule has 1 aromatic carbocycles. The Hall–Kier alpha value is -1.82. The van der Waals surface area contributed by atoms with Crippen molar-refractivity contribution in [3.63, 3.8) is 0 Å². The lowest BCUT2D eigenvalue weighted by Gasteiger charge is -2.29. The molecule has 26 heavy (non-hydrogen) atoms. The fourth-order valence-electron chi connectivity index (χ4n) is 3.40. The second-order valence-electron chi connectivity index (χ2n) is 6.80. The number of rotatable bonds is 9. The molecule has 0 bridgehead atoms. The third-order valence-electron chi connectivity index (χ3n) is 5.08. The van der Waals surface area contributed by atoms with Gasteiger partial charge in [-0.15, -0.1) is 0 Å². The van der Waals surface area contributed by atoms with Crippen molar-refractivity contribution in [3.8, 4) is 5.75 Å². The Morgan fingerprint density at radius 3 is 2.77 bits per heavy atom. The minimum Gasteiger partial charge on any atom is -0.497 e. The highest BCUT2D eigenvalue weighted by Crippen LogP contribution is 2.16. The highest BCUT2D eigenvalue weighted by molar-refractivity contribution is 5.29. The van der Waals surface area contributed by atoms with Crippen LogP contribution in [0, 0.1) is 0 Å². The normalized spacial score (nSPS) is 15.5. The zero-order chi connectivity index (χ0) is 18.2. The molecule has 0 amide bonds. The molecule has 0 atom stereocenters. The molecule has 2 heterocycles. The second-order valence-corrected chi connectivity index (χ2v) is 6.80. The average molecular weight is 357 g/mol. The third-order valence-corrected chi connectivity index (χ3v) is 5.08. The molecule has 142 valence electrons. The smallest absolute Gasteiger partial charge is 0.119 e. The lowest BCUT2D eigenvalue weighted by atomic mass is 10.2. The number of ether oxygens (including phenoxy) is 2. The van der Waals surface area contributed by atoms with Gasteiger partial charge in [-0.25, -0.2) is 0 Å². The first-order valence-corrected chi connectivity index (χ1v) is 9.58. The van der Waals surface area contributed by atoms with Gasteiger partial charge in [-0.05, 0) is 36.4 Å². The van der Waals surface area contributed by atoms with Crippen LogP contribution in [-0.2, 0) is 17.8 Å². The van der Waals surface area contributed by atoms with Crippen molar-refractivity contribution in [1.29, 1.82) is 0 Å². The van der Waals surface area contributed by atoms with E-state index in [1.807, 2.05) is 6.07 Å². The molecule has 1 saturated heterocycles. The standard InChI is InChI=1S/C21H31N3O2/c1-3-22(10-11-23-12-14-26-15-13-23)18-20-7-5-9-24(20)17-19-6-4-8-21(16-19)25-2/h4-9,16H,3,10-15,17-18H2,1-2H3. The lowest BCUT2D eigenvalue weighted by molar-refractivity contribution is 0.0331. The van der Waals surface area contributed by atoms with Crippen molar-refractivity contribution in [3.05, 3.63) is 53.9 Å². The molecule has 5 nitrogen and oxygen atoms in total. The van der Waals surface area contributed by atoms with Crippen molar-refractivity contribution in [2.45, 2.75) is 20.0 Å². The zero-order valence-corrected chi connectivity index (χ0v) is 16.1. The number of hydrogen-bond acceptors (Lipinski definition) is 4. The van der Waals surface area contributed by atoms with Crippen LogP contribution in [0.5, 0.6) is 5.75 Å². The number of likely N-dealkylation sites (N-methyl/N-ethyl adjacent to an activating group) is 1. The van der Waals surface area contributed by atoms with E-state index in [0.29, 0.717) is 0 Å². The Bertz CT molecular complexity index is 665. The number of aromatic nitrogens is 1. The fourth-order valence-corrected chi connectivity index (χ4v) is 3.40. The van der Waals surface area contributed by atoms with Gasteiger partial charge < -0.3 is 14.0 Å². The Morgan fingerprint density at radius 1 is 1.15 bits per heavy atom. The number of benzene rings is 1. The molecule has 1 aliphatic heterocycles. The number of methoxy groups -OCH3 is 1. The molecular formula is C21H31N3O2. The van der Waals surface area contributed by atoms with Crippen LogP contribution in [0.25, 0.3) is 0 Å². The van der Waals surface area contributed by atoms with Gasteiger partial charge in [0.1, 0.15) is 5.75 Å². The summed E-state index contributed by atoms with van der Waals surface area (Å²) in [6.45, 7) is 11.2. The van der Waals surface area contributed by atoms with Gasteiger partial charge in [0.15, 0.2) is 0 Å². The summed E-state index contributed by atoms with van der Waals surface area (Å²) in [7, 11) is 1.72. The van der Waals surface area contributed by atoms with E-state index >= 15 is 0 Å². The molecule has 1 aliphatic rings. The molecule has 1 aromatic heterocycles. The molecule has 0 spiro atoms. The van der Waals surface area contributed by atoms with Crippen LogP contribution in [-0.4, -0.2) is 67.4 Å². The van der Waals surface area contributed by atoms with Gasteiger partial charge in [0, 0.05) is 51.2 Å². The number of morpholine rings is 1. The molecule has 0 unspecified atom stereocenters. The van der Waals surface area contributed by atoms with Crippen molar-refractivity contribution in [1.82, 2.24) is 14.4 Å². The van der Waals surface area contributed by atoms with Gasteiger partial charge in [-0.3, -0.25) is 9.80 Å². The highest BCUT2D eigenvalue weighted by atomic mass is 16.5. The Balaban J connectivity index is 1.57. The summed E-state index contributed by atoms with van der Waals surface area (Å²) >= 11 is 0. The van der Waals surface area contributed by atoms with Gasteiger partial charge in [-0.2, -0.15) is 0 Å². The van der Waals surface area contributed by atoms with E-state index in [1.165, 1.54) is 11.3 Å². The van der Waals surface area contributed by atoms with E-state index in [4.69, 9.17) is 9.47 Å². The van der Waals surface area contributed by atoms with E-state index in [2.05, 4.69) is 57.8 Å². The monoisotopic (exact) mass is 357 g/mol. The van der Waals surface area contributed by atoms with Crippen LogP contribution in [0.2, 0.25) is 0 Å². The van der Waals surface area contributed by atoms with Crippen LogP contribution in [0.15, 0.2) is 42.6 Å². The fraction of sp³-hybridized carbons (Fsp3) is 0.524. The van der Waals surface area contributed by atoms with Crippen LogP contribution < -0.4 is 4.74 Å². The van der Waals surface area contributed by atoms with Crippen LogP contribution in [0.1, 0.15) is 18.2 Å². The van der Waals surface area contributed by atoms with Crippen molar-refractivity contribution >= 4 is 0 Å². The van der Waals surface area contributed by atoms with Crippen LogP contribution in [0.4, 0.5) is 0 Å². The van der Waals surface area contributed by atoms with Gasteiger partial charge in [0.25, 0.3) is 0 Å². The van der Waals surface area contributed by atoms with Gasteiger partial charge >= 0.3 is 0 Å². The quantitative estimate of drug-likeness (QED) is 0.690. The first-order valence-electron chi connectivity index (χ1n) is 9.58. The maximum atomic E-state index is 5.44. The Kier molecular flexibility index (Phi) is 7.12. The number of nitrogens with zero attached hydrogens (tertiary/aromatic N) is 3. The van der Waals surface area contributed by atoms with Crippen LogP contribution in [0.3, 0.4) is 0 Å². The topological polar surface area (TPSA) is 29.9 Å². The minimum absolute atomic E-state index is 0.871. The van der Waals surface area contributed by atoms with Crippen molar-refractivity contribution in [2.24, 2.45) is 0 Å². The van der Waals surface area contributed by atoms with E-state index < -0.39 is 0 Å². The summed E-state index contributed by atoms with van der Waals surface area (Å²) in [5.74, 6) is 0.914. The minimum atomic E-state index is 0.871. The Morgan fingerprint density at radius 2 is 2.00 bits per heavy atom. The summed E-state index contributed by atoms with van der Waals surface area (Å²) in [6.07, 6.45) is 2.17. The lowest BCUT2D eigenvalue weighted by Crippen LogP contribution is -2.41. The summed E-state index contributed by atoms with van der Waals surface area (Å²) < 4.78 is 13.1. The number of hydrogen-bond donors (Lipinski definition) is 0. The van der Waals surface area contributed by atoms with Gasteiger partial charge in [0.05, 0.1) is 20.3 Å². The summed E-state index contributed by atoms with van der Waals surface area (Å²) in [5.41, 5.74) is 2.62. The zero-order valence-electron chi connectivity index (χ0n) is 16.1. The summed E-state index contributed by atoms with van der Waals surface area (Å²) in [5, 5.41) is 0. The molecule has 3 rings (SSSR count). The molecule has 0 saturated carbocycles. The molecule has 2 aromatic rings. The first kappa shape index (κ1) is 19.0. The molecule has 5 heteroatoms. The van der Waals surface area contributed by atoms with Gasteiger partial charge in [-0.1, -0.05) is 19.1 Å². The third kappa shape index (κ3) is 5.34. The molecular weight excluding hydrogens is 326 g/mol. The van der Waals surface area contributed by atoms with E-state index in [-0.39, 0.29) is 0 Å². The largest absolute Gasteiger partial charge is 0.497 e. The summed E-state index contributed by atoms with van der Waals surface area (Å²) in [4.78, 5) is 5.02. The molecule has 0 N–H and O–H groups in total. The van der Waals surface area contributed by atoms with Crippen molar-refractivity contribution in [2.75, 3.05) is 53.0 Å². The summed E-state index contributed by atoms with van der Waals surface area (Å²) in [6, 6.07) is 12.7. The predicted molar refractivity (Wildman–Crippen MR) is 105 cm³/mol. The molecule has 1 fully saturated rings. The molecule has 0 aliphatic carbocycles. The molecule has 0 radical (unpaired) electrons. The maximum absolute atomic E-state index is 5.44. The predicted octanol–water partition coefficient (Wildman–Crippen LogP) is 2.70. The first-order chi connectivity index (χ1) is 12.8. The van der Waals surface area contributed by atoms with E-state index in [0.717, 1.165) is 64.8 Å². The van der Waals surface area contributed by atoms with E-state index in [9.17, 15) is 0 Å². The van der Waals surface area contributed by atoms with E-state index in [1.54, 1.807) is 7.11 Å². The second kappa shape index (κ2) is 9.76. The Labute approximate surface area is 157 Å². The highest BCUT2D eigenvalue weighted by Gasteiger charge is 2.13. The maximum Gasteiger partial charge on any atom is 0.119 e. The van der Waals surface area contributed by atoms with Crippen molar-refractivity contribution < 1.29 is 9.47 Å². The van der Waals surface area contributed by atoms with Crippen LogP contribution >= 0.6 is 0 Å². The average Bonchev–Trinajstić information content (AvgIpc) is 3.12. The SMILES string of the molecule is CCN(CCN1CCOCC1)Cc1cccn1Cc1cccc(OC)c1. The van der Waals surface area contributed by atoms with Gasteiger partial charge in [0.2, 0.25) is 0 Å².